The van der Waals surface area contributed by atoms with Gasteiger partial charge in [-0.15, -0.1) is 0 Å². The highest BCUT2D eigenvalue weighted by molar-refractivity contribution is 5.77. The summed E-state index contributed by atoms with van der Waals surface area (Å²) in [6, 6.07) is -0.891. The molecular weight excluding hydrogens is 176 g/mol. The number of carbonyl (C=O) groups is 3. The lowest BCUT2D eigenvalue weighted by Crippen LogP contribution is -2.38. The van der Waals surface area contributed by atoms with Crippen LogP contribution < -0.4 is 11.1 Å². The minimum atomic E-state index is -1.09. The number of aldehydes is 1. The van der Waals surface area contributed by atoms with Crippen LogP contribution in [0.1, 0.15) is 12.8 Å². The van der Waals surface area contributed by atoms with E-state index in [1.54, 1.807) is 0 Å². The summed E-state index contributed by atoms with van der Waals surface area (Å²) in [6.07, 6.45) is 0.640. The molecule has 6 heteroatoms. The maximum absolute atomic E-state index is 10.5. The predicted octanol–water partition coefficient (Wildman–Crippen LogP) is -1.51. The normalized spacial score (nSPS) is 12.0. The van der Waals surface area contributed by atoms with Crippen LogP contribution in [-0.4, -0.2) is 35.9 Å². The molecule has 0 aliphatic heterocycles. The van der Waals surface area contributed by atoms with E-state index in [-0.39, 0.29) is 19.4 Å². The van der Waals surface area contributed by atoms with Crippen LogP contribution in [0.5, 0.6) is 0 Å². The molecule has 74 valence electrons. The van der Waals surface area contributed by atoms with Gasteiger partial charge in [-0.3, -0.25) is 14.9 Å². The van der Waals surface area contributed by atoms with Crippen molar-refractivity contribution in [3.63, 3.8) is 0 Å². The minimum absolute atomic E-state index is 0.0111. The Labute approximate surface area is 75.1 Å². The molecule has 0 spiro atoms. The van der Waals surface area contributed by atoms with E-state index >= 15 is 0 Å². The quantitative estimate of drug-likeness (QED) is 0.421. The first-order valence-electron chi connectivity index (χ1n) is 3.76. The molecule has 6 nitrogen and oxygen atoms in total. The second-order valence-corrected chi connectivity index (χ2v) is 2.47. The van der Waals surface area contributed by atoms with Gasteiger partial charge in [-0.2, -0.15) is 0 Å². The fourth-order valence-corrected chi connectivity index (χ4v) is 0.790. The Morgan fingerprint density at radius 2 is 2.15 bits per heavy atom. The first-order chi connectivity index (χ1) is 6.07. The molecule has 0 aliphatic rings. The number of carboxylic acids is 1. The SMILES string of the molecule is NC(=O)CC[C@H](NCC=O)C(=O)O. The summed E-state index contributed by atoms with van der Waals surface area (Å²) >= 11 is 0. The van der Waals surface area contributed by atoms with Gasteiger partial charge in [0.05, 0.1) is 6.54 Å². The van der Waals surface area contributed by atoms with Gasteiger partial charge in [0.2, 0.25) is 5.91 Å². The number of hydrogen-bond acceptors (Lipinski definition) is 4. The number of aliphatic carboxylic acids is 1. The fraction of sp³-hybridized carbons (Fsp3) is 0.571. The van der Waals surface area contributed by atoms with Crippen LogP contribution >= 0.6 is 0 Å². The molecule has 0 rings (SSSR count). The van der Waals surface area contributed by atoms with Gasteiger partial charge >= 0.3 is 5.97 Å². The van der Waals surface area contributed by atoms with Crippen molar-refractivity contribution in [1.29, 1.82) is 0 Å². The third kappa shape index (κ3) is 5.80. The van der Waals surface area contributed by atoms with Crippen molar-refractivity contribution < 1.29 is 19.5 Å². The van der Waals surface area contributed by atoms with Crippen LogP contribution in [0.25, 0.3) is 0 Å². The molecule has 0 aromatic heterocycles. The highest BCUT2D eigenvalue weighted by Crippen LogP contribution is 1.96. The summed E-state index contributed by atoms with van der Waals surface area (Å²) in [5.41, 5.74) is 4.84. The maximum Gasteiger partial charge on any atom is 0.320 e. The van der Waals surface area contributed by atoms with Crippen molar-refractivity contribution in [3.8, 4) is 0 Å². The van der Waals surface area contributed by atoms with Crippen LogP contribution in [0.3, 0.4) is 0 Å². The summed E-state index contributed by atoms with van der Waals surface area (Å²) in [5, 5.41) is 11.0. The summed E-state index contributed by atoms with van der Waals surface area (Å²) in [4.78, 5) is 30.7. The highest BCUT2D eigenvalue weighted by atomic mass is 16.4. The topological polar surface area (TPSA) is 109 Å². The van der Waals surface area contributed by atoms with Crippen molar-refractivity contribution in [2.24, 2.45) is 5.73 Å². The average Bonchev–Trinajstić information content (AvgIpc) is 2.03. The average molecular weight is 188 g/mol. The van der Waals surface area contributed by atoms with Crippen molar-refractivity contribution in [2.75, 3.05) is 6.54 Å². The molecule has 13 heavy (non-hydrogen) atoms. The molecule has 1 atom stereocenters. The molecule has 0 heterocycles. The van der Waals surface area contributed by atoms with Gasteiger partial charge in [0.15, 0.2) is 0 Å². The molecule has 0 saturated heterocycles. The fourth-order valence-electron chi connectivity index (χ4n) is 0.790. The number of amides is 1. The van der Waals surface area contributed by atoms with Gasteiger partial charge in [0, 0.05) is 6.42 Å². The summed E-state index contributed by atoms with van der Waals surface area (Å²) < 4.78 is 0. The lowest BCUT2D eigenvalue weighted by atomic mass is 10.1. The van der Waals surface area contributed by atoms with Crippen LogP contribution in [0, 0.1) is 0 Å². The first kappa shape index (κ1) is 11.6. The molecule has 1 amide bonds. The number of nitrogens with one attached hydrogen (secondary N) is 1. The number of carbonyl (C=O) groups excluding carboxylic acids is 2. The Morgan fingerprint density at radius 1 is 1.54 bits per heavy atom. The van der Waals surface area contributed by atoms with Gasteiger partial charge in [-0.25, -0.2) is 0 Å². The molecule has 0 radical (unpaired) electrons. The number of hydrogen-bond donors (Lipinski definition) is 3. The van der Waals surface area contributed by atoms with E-state index in [4.69, 9.17) is 10.8 Å². The van der Waals surface area contributed by atoms with E-state index in [2.05, 4.69) is 5.32 Å². The van der Waals surface area contributed by atoms with Crippen molar-refractivity contribution in [3.05, 3.63) is 0 Å². The van der Waals surface area contributed by atoms with E-state index in [1.807, 2.05) is 0 Å². The third-order valence-electron chi connectivity index (χ3n) is 1.43. The zero-order valence-electron chi connectivity index (χ0n) is 7.03. The standard InChI is InChI=1S/C7H12N2O4/c8-6(11)2-1-5(7(12)13)9-3-4-10/h4-5,9H,1-3H2,(H2,8,11)(H,12,13)/t5-/m0/s1. The molecule has 0 unspecified atom stereocenters. The molecule has 0 aliphatic carbocycles. The zero-order valence-corrected chi connectivity index (χ0v) is 7.03. The molecule has 0 bridgehead atoms. The minimum Gasteiger partial charge on any atom is -0.480 e. The zero-order chi connectivity index (χ0) is 10.3. The molecule has 0 aromatic carbocycles. The summed E-state index contributed by atoms with van der Waals surface area (Å²) in [6.45, 7) is -0.0459. The van der Waals surface area contributed by atoms with Crippen LogP contribution in [0.15, 0.2) is 0 Å². The Kier molecular flexibility index (Phi) is 5.45. The van der Waals surface area contributed by atoms with Crippen LogP contribution in [-0.2, 0) is 14.4 Å². The second kappa shape index (κ2) is 6.13. The van der Waals surface area contributed by atoms with Gasteiger partial charge in [-0.05, 0) is 6.42 Å². The van der Waals surface area contributed by atoms with Crippen molar-refractivity contribution in [1.82, 2.24) is 5.32 Å². The number of nitrogens with two attached hydrogens (primary N) is 1. The monoisotopic (exact) mass is 188 g/mol. The van der Waals surface area contributed by atoms with Crippen LogP contribution in [0.2, 0.25) is 0 Å². The Bertz CT molecular complexity index is 205. The Hall–Kier alpha value is -1.43. The van der Waals surface area contributed by atoms with Gasteiger partial charge in [-0.1, -0.05) is 0 Å². The van der Waals surface area contributed by atoms with Crippen LogP contribution in [0.4, 0.5) is 0 Å². The van der Waals surface area contributed by atoms with Gasteiger partial charge in [0.25, 0.3) is 0 Å². The molecule has 0 fully saturated rings. The predicted molar refractivity (Wildman–Crippen MR) is 43.9 cm³/mol. The van der Waals surface area contributed by atoms with E-state index in [0.29, 0.717) is 6.29 Å². The van der Waals surface area contributed by atoms with E-state index in [1.165, 1.54) is 0 Å². The van der Waals surface area contributed by atoms with E-state index < -0.39 is 17.9 Å². The third-order valence-corrected chi connectivity index (χ3v) is 1.43. The maximum atomic E-state index is 10.5. The van der Waals surface area contributed by atoms with E-state index in [0.717, 1.165) is 0 Å². The van der Waals surface area contributed by atoms with Crippen molar-refractivity contribution in [2.45, 2.75) is 18.9 Å². The number of rotatable bonds is 7. The summed E-state index contributed by atoms with van der Waals surface area (Å²) in [7, 11) is 0. The largest absolute Gasteiger partial charge is 0.480 e. The van der Waals surface area contributed by atoms with Gasteiger partial charge in [0.1, 0.15) is 12.3 Å². The Balaban J connectivity index is 3.87. The lowest BCUT2D eigenvalue weighted by molar-refractivity contribution is -0.139. The van der Waals surface area contributed by atoms with Gasteiger partial charge < -0.3 is 15.6 Å². The van der Waals surface area contributed by atoms with Crippen molar-refractivity contribution >= 4 is 18.2 Å². The number of carboxylic acid groups (broad SMARTS) is 1. The number of primary amides is 1. The summed E-state index contributed by atoms with van der Waals surface area (Å²) in [5.74, 6) is -1.65. The molecule has 0 saturated carbocycles. The lowest BCUT2D eigenvalue weighted by Gasteiger charge is -2.10. The Morgan fingerprint density at radius 3 is 2.54 bits per heavy atom. The molecule has 4 N–H and O–H groups in total. The highest BCUT2D eigenvalue weighted by Gasteiger charge is 2.16. The first-order valence-corrected chi connectivity index (χ1v) is 3.76. The van der Waals surface area contributed by atoms with E-state index in [9.17, 15) is 14.4 Å². The smallest absolute Gasteiger partial charge is 0.320 e. The molecular formula is C7H12N2O4. The molecule has 0 aromatic rings. The second-order valence-electron chi connectivity index (χ2n) is 2.47.